The van der Waals surface area contributed by atoms with Gasteiger partial charge in [0.25, 0.3) is 5.69 Å². The lowest BCUT2D eigenvalue weighted by Crippen LogP contribution is -2.22. The molecule has 0 heterocycles. The van der Waals surface area contributed by atoms with Crippen molar-refractivity contribution >= 4 is 17.3 Å². The molecule has 1 aromatic carbocycles. The first-order valence-corrected chi connectivity index (χ1v) is 7.52. The van der Waals surface area contributed by atoms with Crippen LogP contribution in [0.1, 0.15) is 51.4 Å². The number of nitro groups is 1. The monoisotopic (exact) mass is 324 g/mol. The van der Waals surface area contributed by atoms with Crippen molar-refractivity contribution in [2.75, 3.05) is 11.9 Å². The average Bonchev–Trinajstić information content (AvgIpc) is 2.43. The minimum absolute atomic E-state index is 0.0651. The van der Waals surface area contributed by atoms with Crippen LogP contribution in [0.15, 0.2) is 18.2 Å². The summed E-state index contributed by atoms with van der Waals surface area (Å²) in [5.74, 6) is -0.276. The number of carbonyl (C=O) groups is 1. The van der Waals surface area contributed by atoms with Crippen LogP contribution in [0.4, 0.5) is 11.4 Å². The third-order valence-electron chi connectivity index (χ3n) is 2.83. The van der Waals surface area contributed by atoms with Crippen molar-refractivity contribution in [3.8, 4) is 0 Å². The standard InChI is InChI=1S/C16H24N2O5/c1-11(2)8-9-17-13-7-6-12(10-14(13)18(20)21)15(19)22-23-16(3,4)5/h6-7,10-11,17H,8-9H2,1-5H3. The Labute approximate surface area is 136 Å². The van der Waals surface area contributed by atoms with Crippen molar-refractivity contribution in [1.29, 1.82) is 0 Å². The van der Waals surface area contributed by atoms with Crippen molar-refractivity contribution in [2.45, 2.75) is 46.6 Å². The van der Waals surface area contributed by atoms with E-state index in [0.29, 0.717) is 18.2 Å². The summed E-state index contributed by atoms with van der Waals surface area (Å²) in [6, 6.07) is 4.16. The van der Waals surface area contributed by atoms with Gasteiger partial charge in [-0.05, 0) is 45.2 Å². The van der Waals surface area contributed by atoms with Crippen molar-refractivity contribution in [3.05, 3.63) is 33.9 Å². The summed E-state index contributed by atoms with van der Waals surface area (Å²) < 4.78 is 0. The fourth-order valence-corrected chi connectivity index (χ4v) is 1.67. The largest absolute Gasteiger partial charge is 0.379 e. The maximum Gasteiger partial charge on any atom is 0.373 e. The Morgan fingerprint density at radius 2 is 2.00 bits per heavy atom. The number of rotatable bonds is 7. The summed E-state index contributed by atoms with van der Waals surface area (Å²) in [6.07, 6.45) is 0.889. The second-order valence-corrected chi connectivity index (χ2v) is 6.66. The van der Waals surface area contributed by atoms with Gasteiger partial charge in [-0.2, -0.15) is 4.89 Å². The van der Waals surface area contributed by atoms with Crippen LogP contribution < -0.4 is 5.32 Å². The zero-order valence-electron chi connectivity index (χ0n) is 14.2. The van der Waals surface area contributed by atoms with Crippen molar-refractivity contribution in [3.63, 3.8) is 0 Å². The molecule has 1 aromatic rings. The summed E-state index contributed by atoms with van der Waals surface area (Å²) >= 11 is 0. The molecule has 23 heavy (non-hydrogen) atoms. The van der Waals surface area contributed by atoms with E-state index < -0.39 is 16.5 Å². The predicted octanol–water partition coefficient (Wildman–Crippen LogP) is 3.94. The Hall–Kier alpha value is -2.15. The molecule has 0 aliphatic heterocycles. The minimum Gasteiger partial charge on any atom is -0.379 e. The first-order chi connectivity index (χ1) is 10.6. The number of nitrogens with one attached hydrogen (secondary N) is 1. The molecular formula is C16H24N2O5. The highest BCUT2D eigenvalue weighted by Gasteiger charge is 2.21. The van der Waals surface area contributed by atoms with E-state index in [1.807, 2.05) is 0 Å². The molecule has 0 atom stereocenters. The van der Waals surface area contributed by atoms with E-state index in [1.165, 1.54) is 18.2 Å². The van der Waals surface area contributed by atoms with E-state index in [-0.39, 0.29) is 11.3 Å². The number of nitrogens with zero attached hydrogens (tertiary/aromatic N) is 1. The Morgan fingerprint density at radius 1 is 1.35 bits per heavy atom. The minimum atomic E-state index is -0.767. The Morgan fingerprint density at radius 3 is 2.52 bits per heavy atom. The molecule has 0 aromatic heterocycles. The third kappa shape index (κ3) is 6.65. The predicted molar refractivity (Wildman–Crippen MR) is 87.3 cm³/mol. The Bertz CT molecular complexity index is 564. The fraction of sp³-hybridized carbons (Fsp3) is 0.562. The molecular weight excluding hydrogens is 300 g/mol. The van der Waals surface area contributed by atoms with Gasteiger partial charge in [0, 0.05) is 12.6 Å². The maximum atomic E-state index is 11.9. The number of hydrogen-bond acceptors (Lipinski definition) is 6. The molecule has 0 unspecified atom stereocenters. The lowest BCUT2D eigenvalue weighted by molar-refractivity contribution is -0.384. The first kappa shape index (κ1) is 18.9. The van der Waals surface area contributed by atoms with E-state index in [1.54, 1.807) is 20.8 Å². The second kappa shape index (κ2) is 7.92. The zero-order chi connectivity index (χ0) is 17.6. The topological polar surface area (TPSA) is 90.7 Å². The number of hydrogen-bond donors (Lipinski definition) is 1. The summed E-state index contributed by atoms with van der Waals surface area (Å²) in [5.41, 5.74) is -0.377. The highest BCUT2D eigenvalue weighted by atomic mass is 17.2. The second-order valence-electron chi connectivity index (χ2n) is 6.66. The molecule has 1 rings (SSSR count). The van der Waals surface area contributed by atoms with Gasteiger partial charge in [0.2, 0.25) is 0 Å². The van der Waals surface area contributed by atoms with Gasteiger partial charge in [0.15, 0.2) is 0 Å². The smallest absolute Gasteiger partial charge is 0.373 e. The third-order valence-corrected chi connectivity index (χ3v) is 2.83. The molecule has 7 heteroatoms. The molecule has 0 fully saturated rings. The lowest BCUT2D eigenvalue weighted by atomic mass is 10.1. The molecule has 0 aliphatic carbocycles. The molecule has 7 nitrogen and oxygen atoms in total. The molecule has 0 spiro atoms. The summed E-state index contributed by atoms with van der Waals surface area (Å²) in [7, 11) is 0. The number of anilines is 1. The molecule has 0 aliphatic rings. The van der Waals surface area contributed by atoms with E-state index in [9.17, 15) is 14.9 Å². The van der Waals surface area contributed by atoms with Crippen LogP contribution in [0.3, 0.4) is 0 Å². The first-order valence-electron chi connectivity index (χ1n) is 7.52. The summed E-state index contributed by atoms with van der Waals surface area (Å²) in [6.45, 7) is 9.95. The number of carbonyl (C=O) groups excluding carboxylic acids is 1. The van der Waals surface area contributed by atoms with Crippen LogP contribution in [-0.2, 0) is 9.78 Å². The van der Waals surface area contributed by atoms with E-state index >= 15 is 0 Å². The highest BCUT2D eigenvalue weighted by Crippen LogP contribution is 2.26. The molecule has 0 bridgehead atoms. The molecule has 0 radical (unpaired) electrons. The quantitative estimate of drug-likeness (QED) is 0.464. The average molecular weight is 324 g/mol. The van der Waals surface area contributed by atoms with Gasteiger partial charge in [0.05, 0.1) is 10.5 Å². The highest BCUT2D eigenvalue weighted by molar-refractivity contribution is 5.91. The van der Waals surface area contributed by atoms with Crippen molar-refractivity contribution in [2.24, 2.45) is 5.92 Å². The van der Waals surface area contributed by atoms with E-state index in [2.05, 4.69) is 19.2 Å². The lowest BCUT2D eigenvalue weighted by Gasteiger charge is -2.16. The molecule has 0 saturated carbocycles. The number of benzene rings is 1. The van der Waals surface area contributed by atoms with Crippen LogP contribution in [0.5, 0.6) is 0 Å². The van der Waals surface area contributed by atoms with Gasteiger partial charge in [-0.15, -0.1) is 0 Å². The van der Waals surface area contributed by atoms with Gasteiger partial charge in [0.1, 0.15) is 11.3 Å². The Kier molecular flexibility index (Phi) is 6.50. The Balaban J connectivity index is 2.86. The van der Waals surface area contributed by atoms with Crippen LogP contribution in [0.25, 0.3) is 0 Å². The summed E-state index contributed by atoms with van der Waals surface area (Å²) in [4.78, 5) is 32.2. The summed E-state index contributed by atoms with van der Waals surface area (Å²) in [5, 5.41) is 14.2. The van der Waals surface area contributed by atoms with Crippen molar-refractivity contribution in [1.82, 2.24) is 0 Å². The van der Waals surface area contributed by atoms with Gasteiger partial charge in [-0.25, -0.2) is 4.79 Å². The van der Waals surface area contributed by atoms with Crippen LogP contribution in [0, 0.1) is 16.0 Å². The van der Waals surface area contributed by atoms with Gasteiger partial charge in [-0.1, -0.05) is 13.8 Å². The van der Waals surface area contributed by atoms with E-state index in [0.717, 1.165) is 6.42 Å². The van der Waals surface area contributed by atoms with Crippen LogP contribution >= 0.6 is 0 Å². The number of nitro benzene ring substituents is 1. The molecule has 0 saturated heterocycles. The van der Waals surface area contributed by atoms with Crippen molar-refractivity contribution < 1.29 is 19.5 Å². The normalized spacial score (nSPS) is 11.4. The van der Waals surface area contributed by atoms with Crippen LogP contribution in [-0.4, -0.2) is 23.0 Å². The van der Waals surface area contributed by atoms with Gasteiger partial charge >= 0.3 is 5.97 Å². The van der Waals surface area contributed by atoms with Crippen LogP contribution in [0.2, 0.25) is 0 Å². The molecule has 1 N–H and O–H groups in total. The molecule has 128 valence electrons. The maximum absolute atomic E-state index is 11.9. The SMILES string of the molecule is CC(C)CCNc1ccc(C(=O)OOC(C)(C)C)cc1[N+](=O)[O-]. The van der Waals surface area contributed by atoms with E-state index in [4.69, 9.17) is 9.78 Å². The van der Waals surface area contributed by atoms with Gasteiger partial charge < -0.3 is 5.32 Å². The fourth-order valence-electron chi connectivity index (χ4n) is 1.67. The van der Waals surface area contributed by atoms with Gasteiger partial charge in [-0.3, -0.25) is 15.0 Å². The molecule has 0 amide bonds. The zero-order valence-corrected chi connectivity index (χ0v) is 14.2.